The first-order chi connectivity index (χ1) is 8.16. The van der Waals surface area contributed by atoms with Crippen LogP contribution in [0.25, 0.3) is 0 Å². The lowest BCUT2D eigenvalue weighted by Gasteiger charge is -2.24. The molecule has 0 atom stereocenters. The van der Waals surface area contributed by atoms with Crippen LogP contribution in [0.15, 0.2) is 12.4 Å². The predicted octanol–water partition coefficient (Wildman–Crippen LogP) is 1.30. The average molecular weight is 235 g/mol. The third kappa shape index (κ3) is 2.77. The van der Waals surface area contributed by atoms with Gasteiger partial charge in [-0.15, -0.1) is 0 Å². The third-order valence-electron chi connectivity index (χ3n) is 2.86. The summed E-state index contributed by atoms with van der Waals surface area (Å²) >= 11 is 0. The summed E-state index contributed by atoms with van der Waals surface area (Å²) in [5.74, 6) is -0.945. The maximum Gasteiger partial charge on any atom is 0.358 e. The van der Waals surface area contributed by atoms with Crippen LogP contribution in [0.2, 0.25) is 0 Å². The van der Waals surface area contributed by atoms with Crippen LogP contribution < -0.4 is 5.32 Å². The van der Waals surface area contributed by atoms with Gasteiger partial charge in [-0.3, -0.25) is 4.79 Å². The molecule has 0 spiro atoms. The van der Waals surface area contributed by atoms with E-state index in [-0.39, 0.29) is 17.4 Å². The lowest BCUT2D eigenvalue weighted by Crippen LogP contribution is -2.22. The van der Waals surface area contributed by atoms with Crippen LogP contribution in [-0.4, -0.2) is 27.0 Å². The molecule has 0 bridgehead atoms. The van der Waals surface area contributed by atoms with Crippen LogP contribution in [-0.2, 0) is 4.79 Å². The first-order valence-electron chi connectivity index (χ1n) is 5.51. The van der Waals surface area contributed by atoms with Crippen molar-refractivity contribution in [2.75, 3.05) is 5.32 Å². The number of amides is 1. The van der Waals surface area contributed by atoms with Crippen LogP contribution in [0.5, 0.6) is 0 Å². The largest absolute Gasteiger partial charge is 0.476 e. The molecule has 0 aliphatic heterocycles. The second kappa shape index (κ2) is 4.90. The third-order valence-corrected chi connectivity index (χ3v) is 2.86. The van der Waals surface area contributed by atoms with Crippen molar-refractivity contribution < 1.29 is 14.7 Å². The number of carbonyl (C=O) groups is 2. The van der Waals surface area contributed by atoms with Gasteiger partial charge >= 0.3 is 5.97 Å². The number of carboxylic acid groups (broad SMARTS) is 1. The Balaban J connectivity index is 2.01. The Bertz CT molecular complexity index is 443. The molecule has 1 aliphatic carbocycles. The highest BCUT2D eigenvalue weighted by Gasteiger charge is 2.22. The molecule has 90 valence electrons. The minimum atomic E-state index is -1.20. The fourth-order valence-corrected chi connectivity index (χ4v) is 1.73. The molecule has 1 aromatic rings. The standard InChI is InChI=1S/C11H13N3O3/c15-8(6-7-2-1-3-7)14-10-9(11(16)17)12-4-5-13-10/h4-5,7H,1-3,6H2,(H,16,17)(H,13,14,15). The van der Waals surface area contributed by atoms with E-state index in [1.54, 1.807) is 0 Å². The van der Waals surface area contributed by atoms with Crippen molar-refractivity contribution in [2.45, 2.75) is 25.7 Å². The summed E-state index contributed by atoms with van der Waals surface area (Å²) in [4.78, 5) is 29.9. The molecule has 1 aromatic heterocycles. The Hall–Kier alpha value is -1.98. The number of aromatic nitrogens is 2. The number of nitrogens with one attached hydrogen (secondary N) is 1. The molecule has 0 unspecified atom stereocenters. The van der Waals surface area contributed by atoms with Crippen molar-refractivity contribution in [3.05, 3.63) is 18.1 Å². The Labute approximate surface area is 98.1 Å². The van der Waals surface area contributed by atoms with Crippen LogP contribution in [0.3, 0.4) is 0 Å². The zero-order valence-corrected chi connectivity index (χ0v) is 9.22. The molecule has 1 fully saturated rings. The Morgan fingerprint density at radius 2 is 2.06 bits per heavy atom. The molecule has 6 nitrogen and oxygen atoms in total. The van der Waals surface area contributed by atoms with Gasteiger partial charge in [-0.2, -0.15) is 0 Å². The molecule has 1 amide bonds. The highest BCUT2D eigenvalue weighted by atomic mass is 16.4. The number of nitrogens with zero attached hydrogens (tertiary/aromatic N) is 2. The van der Waals surface area contributed by atoms with E-state index in [0.717, 1.165) is 12.8 Å². The van der Waals surface area contributed by atoms with Crippen LogP contribution in [0.4, 0.5) is 5.82 Å². The van der Waals surface area contributed by atoms with E-state index in [0.29, 0.717) is 12.3 Å². The molecule has 0 aromatic carbocycles. The molecule has 0 saturated heterocycles. The van der Waals surface area contributed by atoms with Crippen LogP contribution in [0.1, 0.15) is 36.2 Å². The molecule has 2 rings (SSSR count). The van der Waals surface area contributed by atoms with E-state index in [1.165, 1.54) is 18.8 Å². The quantitative estimate of drug-likeness (QED) is 0.820. The second-order valence-electron chi connectivity index (χ2n) is 4.11. The Morgan fingerprint density at radius 1 is 1.35 bits per heavy atom. The average Bonchev–Trinajstić information content (AvgIpc) is 2.24. The summed E-state index contributed by atoms with van der Waals surface area (Å²) in [6.07, 6.45) is 6.37. The van der Waals surface area contributed by atoms with Crippen molar-refractivity contribution >= 4 is 17.7 Å². The number of carboxylic acids is 1. The van der Waals surface area contributed by atoms with Gasteiger partial charge in [0, 0.05) is 18.8 Å². The molecule has 1 saturated carbocycles. The SMILES string of the molecule is O=C(CC1CCC1)Nc1nccnc1C(=O)O. The second-order valence-corrected chi connectivity index (χ2v) is 4.11. The zero-order chi connectivity index (χ0) is 12.3. The van der Waals surface area contributed by atoms with E-state index in [2.05, 4.69) is 15.3 Å². The maximum absolute atomic E-state index is 11.6. The van der Waals surface area contributed by atoms with Gasteiger partial charge in [0.05, 0.1) is 0 Å². The normalized spacial score (nSPS) is 15.1. The van der Waals surface area contributed by atoms with E-state index in [9.17, 15) is 9.59 Å². The van der Waals surface area contributed by atoms with Gasteiger partial charge in [-0.05, 0) is 18.8 Å². The summed E-state index contributed by atoms with van der Waals surface area (Å²) in [6, 6.07) is 0. The monoisotopic (exact) mass is 235 g/mol. The maximum atomic E-state index is 11.6. The highest BCUT2D eigenvalue weighted by molar-refractivity contribution is 5.97. The van der Waals surface area contributed by atoms with Gasteiger partial charge in [-0.1, -0.05) is 6.42 Å². The van der Waals surface area contributed by atoms with E-state index in [1.807, 2.05) is 0 Å². The van der Waals surface area contributed by atoms with Crippen molar-refractivity contribution in [1.82, 2.24) is 9.97 Å². The number of hydrogen-bond acceptors (Lipinski definition) is 4. The Morgan fingerprint density at radius 3 is 2.65 bits per heavy atom. The lowest BCUT2D eigenvalue weighted by atomic mass is 9.83. The number of carbonyl (C=O) groups excluding carboxylic acids is 1. The van der Waals surface area contributed by atoms with Gasteiger partial charge in [-0.25, -0.2) is 14.8 Å². The highest BCUT2D eigenvalue weighted by Crippen LogP contribution is 2.29. The molecular formula is C11H13N3O3. The number of rotatable bonds is 4. The van der Waals surface area contributed by atoms with Crippen molar-refractivity contribution in [3.8, 4) is 0 Å². The van der Waals surface area contributed by atoms with Crippen molar-refractivity contribution in [2.24, 2.45) is 5.92 Å². The van der Waals surface area contributed by atoms with Gasteiger partial charge in [0.15, 0.2) is 11.5 Å². The lowest BCUT2D eigenvalue weighted by molar-refractivity contribution is -0.117. The summed E-state index contributed by atoms with van der Waals surface area (Å²) in [7, 11) is 0. The van der Waals surface area contributed by atoms with E-state index in [4.69, 9.17) is 5.11 Å². The molecule has 6 heteroatoms. The zero-order valence-electron chi connectivity index (χ0n) is 9.22. The van der Waals surface area contributed by atoms with Crippen molar-refractivity contribution in [3.63, 3.8) is 0 Å². The molecule has 0 radical (unpaired) electrons. The summed E-state index contributed by atoms with van der Waals surface area (Å²) in [6.45, 7) is 0. The van der Waals surface area contributed by atoms with Gasteiger partial charge in [0.2, 0.25) is 5.91 Å². The smallest absolute Gasteiger partial charge is 0.358 e. The van der Waals surface area contributed by atoms with Gasteiger partial charge < -0.3 is 10.4 Å². The molecule has 1 aliphatic rings. The summed E-state index contributed by atoms with van der Waals surface area (Å²) in [5.41, 5.74) is -0.227. The fourth-order valence-electron chi connectivity index (χ4n) is 1.73. The van der Waals surface area contributed by atoms with Crippen LogP contribution >= 0.6 is 0 Å². The fraction of sp³-hybridized carbons (Fsp3) is 0.455. The van der Waals surface area contributed by atoms with Gasteiger partial charge in [0.1, 0.15) is 0 Å². The molecule has 1 heterocycles. The predicted molar refractivity (Wildman–Crippen MR) is 59.6 cm³/mol. The topological polar surface area (TPSA) is 92.2 Å². The summed E-state index contributed by atoms with van der Waals surface area (Å²) < 4.78 is 0. The molecule has 17 heavy (non-hydrogen) atoms. The number of anilines is 1. The first-order valence-corrected chi connectivity index (χ1v) is 5.51. The van der Waals surface area contributed by atoms with E-state index < -0.39 is 5.97 Å². The number of aromatic carboxylic acids is 1. The van der Waals surface area contributed by atoms with Crippen LogP contribution in [0, 0.1) is 5.92 Å². The number of hydrogen-bond donors (Lipinski definition) is 2. The molecular weight excluding hydrogens is 222 g/mol. The first kappa shape index (κ1) is 11.5. The van der Waals surface area contributed by atoms with E-state index >= 15 is 0 Å². The van der Waals surface area contributed by atoms with Crippen molar-refractivity contribution in [1.29, 1.82) is 0 Å². The minimum Gasteiger partial charge on any atom is -0.476 e. The Kier molecular flexibility index (Phi) is 3.32. The summed E-state index contributed by atoms with van der Waals surface area (Å²) in [5, 5.41) is 11.4. The molecule has 2 N–H and O–H groups in total. The van der Waals surface area contributed by atoms with Gasteiger partial charge in [0.25, 0.3) is 0 Å². The minimum absolute atomic E-state index is 0.0179.